The fourth-order valence-corrected chi connectivity index (χ4v) is 3.97. The molecule has 0 aromatic carbocycles. The van der Waals surface area contributed by atoms with Gasteiger partial charge in [-0.1, -0.05) is 46.0 Å². The van der Waals surface area contributed by atoms with Crippen LogP contribution in [0.2, 0.25) is 0 Å². The van der Waals surface area contributed by atoms with E-state index >= 15 is 0 Å². The predicted octanol–water partition coefficient (Wildman–Crippen LogP) is 3.97. The van der Waals surface area contributed by atoms with Gasteiger partial charge in [0.05, 0.1) is 0 Å². The predicted molar refractivity (Wildman–Crippen MR) is 70.2 cm³/mol. The summed E-state index contributed by atoms with van der Waals surface area (Å²) in [7, 11) is 0. The second-order valence-corrected chi connectivity index (χ2v) is 6.54. The maximum absolute atomic E-state index is 6.37. The SMILES string of the molecule is CC(C)C1CCC(N)C(C2CCCCC2)C1. The van der Waals surface area contributed by atoms with Crippen molar-refractivity contribution in [3.8, 4) is 0 Å². The molecular formula is C15H29N. The lowest BCUT2D eigenvalue weighted by Gasteiger charge is -2.41. The molecule has 3 atom stereocenters. The Labute approximate surface area is 101 Å². The average Bonchev–Trinajstić information content (AvgIpc) is 2.30. The fourth-order valence-electron chi connectivity index (χ4n) is 3.97. The quantitative estimate of drug-likeness (QED) is 0.753. The molecule has 0 spiro atoms. The topological polar surface area (TPSA) is 26.0 Å². The molecule has 2 aliphatic carbocycles. The zero-order chi connectivity index (χ0) is 11.5. The van der Waals surface area contributed by atoms with E-state index in [2.05, 4.69) is 13.8 Å². The van der Waals surface area contributed by atoms with Crippen LogP contribution in [-0.2, 0) is 0 Å². The minimum atomic E-state index is 0.512. The highest BCUT2D eigenvalue weighted by Crippen LogP contribution is 2.41. The lowest BCUT2D eigenvalue weighted by atomic mass is 9.66. The maximum atomic E-state index is 6.37. The van der Waals surface area contributed by atoms with Gasteiger partial charge in [-0.05, 0) is 42.9 Å². The van der Waals surface area contributed by atoms with E-state index in [0.717, 1.165) is 23.7 Å². The Bertz CT molecular complexity index is 205. The van der Waals surface area contributed by atoms with E-state index in [-0.39, 0.29) is 0 Å². The van der Waals surface area contributed by atoms with Crippen LogP contribution >= 0.6 is 0 Å². The monoisotopic (exact) mass is 223 g/mol. The number of nitrogens with two attached hydrogens (primary N) is 1. The Balaban J connectivity index is 1.94. The first-order chi connectivity index (χ1) is 7.68. The minimum Gasteiger partial charge on any atom is -0.327 e. The molecule has 0 bridgehead atoms. The van der Waals surface area contributed by atoms with Crippen molar-refractivity contribution in [1.29, 1.82) is 0 Å². The first-order valence-corrected chi connectivity index (χ1v) is 7.44. The van der Waals surface area contributed by atoms with Crippen LogP contribution in [0.5, 0.6) is 0 Å². The Morgan fingerprint density at radius 3 is 2.25 bits per heavy atom. The molecule has 1 nitrogen and oxygen atoms in total. The van der Waals surface area contributed by atoms with Gasteiger partial charge in [0.25, 0.3) is 0 Å². The van der Waals surface area contributed by atoms with Crippen molar-refractivity contribution < 1.29 is 0 Å². The van der Waals surface area contributed by atoms with Crippen molar-refractivity contribution in [2.45, 2.75) is 71.3 Å². The van der Waals surface area contributed by atoms with Gasteiger partial charge in [-0.3, -0.25) is 0 Å². The van der Waals surface area contributed by atoms with Gasteiger partial charge in [-0.15, -0.1) is 0 Å². The van der Waals surface area contributed by atoms with Crippen LogP contribution in [0.3, 0.4) is 0 Å². The number of hydrogen-bond acceptors (Lipinski definition) is 1. The van der Waals surface area contributed by atoms with E-state index in [4.69, 9.17) is 5.73 Å². The first kappa shape index (κ1) is 12.4. The van der Waals surface area contributed by atoms with Crippen LogP contribution < -0.4 is 5.73 Å². The summed E-state index contributed by atoms with van der Waals surface area (Å²) >= 11 is 0. The zero-order valence-corrected chi connectivity index (χ0v) is 11.1. The van der Waals surface area contributed by atoms with Crippen molar-refractivity contribution in [3.05, 3.63) is 0 Å². The van der Waals surface area contributed by atoms with Crippen molar-refractivity contribution >= 4 is 0 Å². The van der Waals surface area contributed by atoms with Crippen LogP contribution in [0.4, 0.5) is 0 Å². The zero-order valence-electron chi connectivity index (χ0n) is 11.1. The first-order valence-electron chi connectivity index (χ1n) is 7.44. The Morgan fingerprint density at radius 2 is 1.62 bits per heavy atom. The van der Waals surface area contributed by atoms with Gasteiger partial charge in [0, 0.05) is 6.04 Å². The summed E-state index contributed by atoms with van der Waals surface area (Å²) in [5.41, 5.74) is 6.37. The molecule has 0 heterocycles. The highest BCUT2D eigenvalue weighted by Gasteiger charge is 2.34. The molecule has 0 aromatic heterocycles. The normalized spacial score (nSPS) is 37.9. The molecule has 2 N–H and O–H groups in total. The van der Waals surface area contributed by atoms with E-state index in [1.165, 1.54) is 51.4 Å². The van der Waals surface area contributed by atoms with Crippen molar-refractivity contribution in [1.82, 2.24) is 0 Å². The highest BCUT2D eigenvalue weighted by atomic mass is 14.7. The van der Waals surface area contributed by atoms with Crippen molar-refractivity contribution in [3.63, 3.8) is 0 Å². The molecule has 1 heteroatoms. The fraction of sp³-hybridized carbons (Fsp3) is 1.00. The summed E-state index contributed by atoms with van der Waals surface area (Å²) in [5, 5.41) is 0. The van der Waals surface area contributed by atoms with Crippen molar-refractivity contribution in [2.24, 2.45) is 29.4 Å². The van der Waals surface area contributed by atoms with Gasteiger partial charge in [0.1, 0.15) is 0 Å². The van der Waals surface area contributed by atoms with Crippen molar-refractivity contribution in [2.75, 3.05) is 0 Å². The molecule has 0 aliphatic heterocycles. The van der Waals surface area contributed by atoms with Crippen LogP contribution in [0, 0.1) is 23.7 Å². The van der Waals surface area contributed by atoms with Crippen LogP contribution in [0.1, 0.15) is 65.2 Å². The number of hydrogen-bond donors (Lipinski definition) is 1. The molecule has 0 amide bonds. The molecule has 2 saturated carbocycles. The second-order valence-electron chi connectivity index (χ2n) is 6.54. The van der Waals surface area contributed by atoms with E-state index < -0.39 is 0 Å². The Kier molecular flexibility index (Phi) is 4.29. The van der Waals surface area contributed by atoms with Crippen LogP contribution in [0.15, 0.2) is 0 Å². The largest absolute Gasteiger partial charge is 0.327 e. The molecular weight excluding hydrogens is 194 g/mol. The molecule has 0 aromatic rings. The van der Waals surface area contributed by atoms with Gasteiger partial charge in [0.15, 0.2) is 0 Å². The van der Waals surface area contributed by atoms with Crippen LogP contribution in [0.25, 0.3) is 0 Å². The molecule has 2 fully saturated rings. The van der Waals surface area contributed by atoms with E-state index in [9.17, 15) is 0 Å². The molecule has 3 unspecified atom stereocenters. The Morgan fingerprint density at radius 1 is 0.938 bits per heavy atom. The maximum Gasteiger partial charge on any atom is 0.00700 e. The van der Waals surface area contributed by atoms with Gasteiger partial charge in [-0.25, -0.2) is 0 Å². The molecule has 0 saturated heterocycles. The summed E-state index contributed by atoms with van der Waals surface area (Å²) in [5.74, 6) is 3.62. The molecule has 16 heavy (non-hydrogen) atoms. The smallest absolute Gasteiger partial charge is 0.00700 e. The molecule has 0 radical (unpaired) electrons. The molecule has 2 aliphatic rings. The standard InChI is InChI=1S/C15H29N/c1-11(2)13-8-9-15(16)14(10-13)12-6-4-3-5-7-12/h11-15H,3-10,16H2,1-2H3. The highest BCUT2D eigenvalue weighted by molar-refractivity contribution is 4.88. The van der Waals surface area contributed by atoms with E-state index in [1.54, 1.807) is 0 Å². The third kappa shape index (κ3) is 2.80. The van der Waals surface area contributed by atoms with Gasteiger partial charge < -0.3 is 5.73 Å². The summed E-state index contributed by atoms with van der Waals surface area (Å²) in [4.78, 5) is 0. The second kappa shape index (κ2) is 5.53. The van der Waals surface area contributed by atoms with Gasteiger partial charge >= 0.3 is 0 Å². The summed E-state index contributed by atoms with van der Waals surface area (Å²) in [6.07, 6.45) is 11.4. The average molecular weight is 223 g/mol. The van der Waals surface area contributed by atoms with E-state index in [1.807, 2.05) is 0 Å². The third-order valence-electron chi connectivity index (χ3n) is 5.19. The number of rotatable bonds is 2. The van der Waals surface area contributed by atoms with Crippen LogP contribution in [-0.4, -0.2) is 6.04 Å². The van der Waals surface area contributed by atoms with E-state index in [0.29, 0.717) is 6.04 Å². The summed E-state index contributed by atoms with van der Waals surface area (Å²) in [6.45, 7) is 4.78. The summed E-state index contributed by atoms with van der Waals surface area (Å²) in [6, 6.07) is 0.512. The Hall–Kier alpha value is -0.0400. The lowest BCUT2D eigenvalue weighted by molar-refractivity contribution is 0.116. The van der Waals surface area contributed by atoms with Gasteiger partial charge in [0.2, 0.25) is 0 Å². The third-order valence-corrected chi connectivity index (χ3v) is 5.19. The van der Waals surface area contributed by atoms with Gasteiger partial charge in [-0.2, -0.15) is 0 Å². The minimum absolute atomic E-state index is 0.512. The molecule has 94 valence electrons. The molecule has 2 rings (SSSR count). The summed E-state index contributed by atoms with van der Waals surface area (Å²) < 4.78 is 0. The lowest BCUT2D eigenvalue weighted by Crippen LogP contribution is -2.41.